The van der Waals surface area contributed by atoms with E-state index in [1.54, 1.807) is 13.8 Å². The summed E-state index contributed by atoms with van der Waals surface area (Å²) in [7, 11) is 0. The molecule has 19 heteroatoms. The van der Waals surface area contributed by atoms with Gasteiger partial charge < -0.3 is 40.2 Å². The molecule has 306 valence electrons. The van der Waals surface area contributed by atoms with E-state index >= 15 is 0 Å². The first-order chi connectivity index (χ1) is 27.1. The third kappa shape index (κ3) is 12.4. The highest BCUT2D eigenvalue weighted by Gasteiger charge is 2.34. The number of carbonyl (C=O) groups excluding carboxylic acids is 5. The van der Waals surface area contributed by atoms with E-state index in [1.807, 2.05) is 6.92 Å². The molecule has 0 aliphatic rings. The van der Waals surface area contributed by atoms with Gasteiger partial charge >= 0.3 is 17.9 Å². The van der Waals surface area contributed by atoms with E-state index in [0.717, 1.165) is 24.0 Å². The average molecular weight is 796 g/mol. The van der Waals surface area contributed by atoms with Crippen LogP contribution in [0.3, 0.4) is 0 Å². The highest BCUT2D eigenvalue weighted by molar-refractivity contribution is 6.00. The highest BCUT2D eigenvalue weighted by atomic mass is 16.7. The summed E-state index contributed by atoms with van der Waals surface area (Å²) in [5, 5.41) is 37.5. The van der Waals surface area contributed by atoms with Crippen molar-refractivity contribution in [3.63, 3.8) is 0 Å². The number of hydrogen-bond acceptors (Lipinski definition) is 12. The molecule has 2 unspecified atom stereocenters. The number of amides is 4. The Bertz CT molecular complexity index is 1960. The Morgan fingerprint density at radius 3 is 2.26 bits per heavy atom. The normalized spacial score (nSPS) is 12.3. The first-order valence-electron chi connectivity index (χ1n) is 18.0. The van der Waals surface area contributed by atoms with Crippen LogP contribution < -0.4 is 20.7 Å². The molecule has 5 N–H and O–H groups in total. The van der Waals surface area contributed by atoms with Crippen molar-refractivity contribution in [3.05, 3.63) is 81.1 Å². The Morgan fingerprint density at radius 1 is 0.947 bits per heavy atom. The number of nitro benzene ring substituents is 1. The van der Waals surface area contributed by atoms with Gasteiger partial charge in [0.2, 0.25) is 12.3 Å². The molecular weight excluding hydrogens is 750 g/mol. The molecule has 0 spiro atoms. The zero-order valence-corrected chi connectivity index (χ0v) is 31.8. The Balaban J connectivity index is 1.71. The summed E-state index contributed by atoms with van der Waals surface area (Å²) in [6.45, 7) is 6.61. The second-order valence-electron chi connectivity index (χ2n) is 12.7. The minimum atomic E-state index is -1.68. The summed E-state index contributed by atoms with van der Waals surface area (Å²) in [4.78, 5) is 103. The van der Waals surface area contributed by atoms with Gasteiger partial charge in [0.1, 0.15) is 17.6 Å². The third-order valence-electron chi connectivity index (χ3n) is 8.73. The van der Waals surface area contributed by atoms with E-state index in [4.69, 9.17) is 19.1 Å². The van der Waals surface area contributed by atoms with Crippen molar-refractivity contribution in [3.8, 4) is 17.1 Å². The highest BCUT2D eigenvalue weighted by Crippen LogP contribution is 2.30. The molecule has 2 aromatic carbocycles. The zero-order valence-electron chi connectivity index (χ0n) is 31.8. The van der Waals surface area contributed by atoms with Gasteiger partial charge in [0.05, 0.1) is 47.7 Å². The van der Waals surface area contributed by atoms with E-state index in [0.29, 0.717) is 24.8 Å². The Morgan fingerprint density at radius 2 is 1.67 bits per heavy atom. The summed E-state index contributed by atoms with van der Waals surface area (Å²) < 4.78 is 11.3. The van der Waals surface area contributed by atoms with Crippen LogP contribution in [0.1, 0.15) is 96.1 Å². The number of hydroxylamine groups is 2. The molecule has 3 rings (SSSR count). The van der Waals surface area contributed by atoms with Crippen LogP contribution in [0.15, 0.2) is 52.9 Å². The molecule has 1 aromatic heterocycles. The van der Waals surface area contributed by atoms with Gasteiger partial charge in [-0.15, -0.1) is 0 Å². The molecule has 4 amide bonds. The summed E-state index contributed by atoms with van der Waals surface area (Å²) >= 11 is 0. The fraction of sp³-hybridized carbons (Fsp3) is 0.395. The van der Waals surface area contributed by atoms with Gasteiger partial charge in [0.25, 0.3) is 17.5 Å². The maximum absolute atomic E-state index is 13.5. The summed E-state index contributed by atoms with van der Waals surface area (Å²) in [5.74, 6) is -6.75. The second kappa shape index (κ2) is 21.3. The molecule has 57 heavy (non-hydrogen) atoms. The molecule has 0 bridgehead atoms. The number of nitrogens with one attached hydrogen (secondary N) is 3. The van der Waals surface area contributed by atoms with Crippen molar-refractivity contribution in [2.24, 2.45) is 5.92 Å². The van der Waals surface area contributed by atoms with Crippen molar-refractivity contribution >= 4 is 47.7 Å². The maximum Gasteiger partial charge on any atom is 0.363 e. The number of non-ortho nitro benzene ring substituents is 1. The molecule has 0 aliphatic heterocycles. The number of carbonyl (C=O) groups is 7. The lowest BCUT2D eigenvalue weighted by atomic mass is 9.90. The van der Waals surface area contributed by atoms with E-state index in [-0.39, 0.29) is 59.3 Å². The zero-order chi connectivity index (χ0) is 42.2. The Hall–Kier alpha value is -6.79. The van der Waals surface area contributed by atoms with Crippen LogP contribution in [0.25, 0.3) is 11.3 Å². The molecule has 0 radical (unpaired) electrons. The monoisotopic (exact) mass is 795 g/mol. The largest absolute Gasteiger partial charge is 0.493 e. The molecule has 0 saturated heterocycles. The number of unbranched alkanes of at least 4 members (excludes halogenated alkanes) is 2. The SMILES string of the molecule is CCCCCC(C(=O)NCNC(=O)c1ccc(-c2ccc(C(=O)NC(CC(=O)O)C(=O)O)c(OCC)c2)o1)[C@@H](CC)N(C=O)OC(=O)c1ccc([N+](=O)[O-])cc1C. The number of furan rings is 1. The van der Waals surface area contributed by atoms with Crippen molar-refractivity contribution in [2.75, 3.05) is 13.3 Å². The van der Waals surface area contributed by atoms with Gasteiger partial charge in [0.15, 0.2) is 5.76 Å². The molecule has 0 fully saturated rings. The lowest BCUT2D eigenvalue weighted by Crippen LogP contribution is -2.49. The third-order valence-corrected chi connectivity index (χ3v) is 8.73. The van der Waals surface area contributed by atoms with Crippen LogP contribution in [0, 0.1) is 23.0 Å². The van der Waals surface area contributed by atoms with Crippen LogP contribution in [-0.2, 0) is 24.0 Å². The molecule has 0 saturated carbocycles. The topological polar surface area (TPSA) is 274 Å². The number of rotatable bonds is 23. The second-order valence-corrected chi connectivity index (χ2v) is 12.7. The van der Waals surface area contributed by atoms with Gasteiger partial charge in [-0.1, -0.05) is 39.2 Å². The molecule has 19 nitrogen and oxygen atoms in total. The van der Waals surface area contributed by atoms with Crippen LogP contribution >= 0.6 is 0 Å². The van der Waals surface area contributed by atoms with Gasteiger partial charge in [-0.2, -0.15) is 5.06 Å². The van der Waals surface area contributed by atoms with E-state index in [1.165, 1.54) is 49.4 Å². The number of nitro groups is 1. The van der Waals surface area contributed by atoms with Gasteiger partial charge in [-0.3, -0.25) is 34.1 Å². The average Bonchev–Trinajstić information content (AvgIpc) is 3.67. The van der Waals surface area contributed by atoms with E-state index < -0.39 is 65.0 Å². The number of benzene rings is 2. The first-order valence-corrected chi connectivity index (χ1v) is 18.0. The number of carboxylic acid groups (broad SMARTS) is 2. The summed E-state index contributed by atoms with van der Waals surface area (Å²) in [6.07, 6.45) is 2.21. The molecule has 0 aliphatic carbocycles. The predicted octanol–water partition coefficient (Wildman–Crippen LogP) is 4.23. The van der Waals surface area contributed by atoms with Gasteiger partial charge in [0, 0.05) is 17.7 Å². The van der Waals surface area contributed by atoms with Crippen molar-refractivity contribution in [1.82, 2.24) is 21.0 Å². The summed E-state index contributed by atoms with van der Waals surface area (Å²) in [6, 6.07) is 8.06. The standard InChI is InChI=1S/C38H45N5O14/c1-5-8-9-10-26(29(6-2)42(21-44)57-38(52)25-14-12-24(43(53)54)17-22(25)4)34(47)39-20-40-36(49)31-16-15-30(56-31)23-11-13-27(32(18-23)55-7-3)35(48)41-28(37(50)51)19-33(45)46/h11-18,21,26,28-29H,5-10,19-20H2,1-4H3,(H,39,47)(H,40,49)(H,41,48)(H,45,46)(H,50,51)/t26?,28?,29-/m1/s1. The lowest BCUT2D eigenvalue weighted by molar-refractivity contribution is -0.384. The smallest absolute Gasteiger partial charge is 0.363 e. The minimum absolute atomic E-state index is 0.00197. The molecule has 3 aromatic rings. The fourth-order valence-corrected chi connectivity index (χ4v) is 5.85. The van der Waals surface area contributed by atoms with Crippen LogP contribution in [0.2, 0.25) is 0 Å². The van der Waals surface area contributed by atoms with Gasteiger partial charge in [-0.05, 0) is 62.6 Å². The minimum Gasteiger partial charge on any atom is -0.493 e. The Labute approximate surface area is 326 Å². The van der Waals surface area contributed by atoms with Crippen LogP contribution in [0.4, 0.5) is 5.69 Å². The number of aryl methyl sites for hydroxylation is 1. The summed E-state index contributed by atoms with van der Waals surface area (Å²) in [5.41, 5.74) is 0.345. The fourth-order valence-electron chi connectivity index (χ4n) is 5.85. The number of ether oxygens (including phenoxy) is 1. The Kier molecular flexibility index (Phi) is 16.7. The van der Waals surface area contributed by atoms with Crippen molar-refractivity contribution in [1.29, 1.82) is 0 Å². The maximum atomic E-state index is 13.5. The number of aliphatic carboxylic acids is 2. The van der Waals surface area contributed by atoms with Crippen LogP contribution in [-0.4, -0.2) is 87.6 Å². The number of carboxylic acids is 2. The number of nitrogens with zero attached hydrogens (tertiary/aromatic N) is 2. The first kappa shape index (κ1) is 44.6. The van der Waals surface area contributed by atoms with E-state index in [2.05, 4.69) is 16.0 Å². The van der Waals surface area contributed by atoms with Crippen LogP contribution in [0.5, 0.6) is 5.75 Å². The van der Waals surface area contributed by atoms with E-state index in [9.17, 15) is 48.8 Å². The quantitative estimate of drug-likeness (QED) is 0.0296. The molecule has 1 heterocycles. The molecule has 3 atom stereocenters. The van der Waals surface area contributed by atoms with Crippen molar-refractivity contribution < 1.29 is 62.7 Å². The van der Waals surface area contributed by atoms with Gasteiger partial charge in [-0.25, -0.2) is 9.59 Å². The molecular formula is C38H45N5O14. The predicted molar refractivity (Wildman–Crippen MR) is 200 cm³/mol. The van der Waals surface area contributed by atoms with Crippen molar-refractivity contribution in [2.45, 2.75) is 78.3 Å². The number of hydrogen-bond donors (Lipinski definition) is 5. The lowest BCUT2D eigenvalue weighted by Gasteiger charge is -2.32.